The molecular weight excluding hydrogens is 196 g/mol. The Kier molecular flexibility index (Phi) is 5.06. The van der Waals surface area contributed by atoms with Crippen LogP contribution < -0.4 is 11.1 Å². The molecule has 0 radical (unpaired) electrons. The fourth-order valence-electron chi connectivity index (χ4n) is 0.957. The number of nitrogens with two attached hydrogens (primary N) is 1. The predicted octanol–water partition coefficient (Wildman–Crippen LogP) is 0.613. The third-order valence-electron chi connectivity index (χ3n) is 1.62. The second-order valence-corrected chi connectivity index (χ2v) is 3.60. The summed E-state index contributed by atoms with van der Waals surface area (Å²) < 4.78 is 10.5. The van der Waals surface area contributed by atoms with E-state index < -0.39 is 0 Å². The van der Waals surface area contributed by atoms with Crippen LogP contribution in [0.4, 0.5) is 6.01 Å². The van der Waals surface area contributed by atoms with Crippen molar-refractivity contribution >= 4 is 6.01 Å². The van der Waals surface area contributed by atoms with Crippen molar-refractivity contribution in [3.05, 3.63) is 5.89 Å². The van der Waals surface area contributed by atoms with E-state index in [2.05, 4.69) is 29.4 Å². The second kappa shape index (κ2) is 6.36. The minimum absolute atomic E-state index is 0.262. The molecule has 6 nitrogen and oxygen atoms in total. The fourth-order valence-corrected chi connectivity index (χ4v) is 0.957. The number of anilines is 1. The van der Waals surface area contributed by atoms with Crippen LogP contribution in [0.3, 0.4) is 0 Å². The molecule has 0 aliphatic carbocycles. The van der Waals surface area contributed by atoms with Gasteiger partial charge in [-0.05, 0) is 5.92 Å². The lowest BCUT2D eigenvalue weighted by molar-refractivity contribution is 0.118. The molecule has 0 fully saturated rings. The first-order valence-electron chi connectivity index (χ1n) is 5.06. The highest BCUT2D eigenvalue weighted by molar-refractivity contribution is 5.16. The van der Waals surface area contributed by atoms with Crippen molar-refractivity contribution in [2.75, 3.05) is 25.1 Å². The lowest BCUT2D eigenvalue weighted by Gasteiger charge is -2.06. The van der Waals surface area contributed by atoms with Gasteiger partial charge in [0.05, 0.1) is 13.2 Å². The predicted molar refractivity (Wildman–Crippen MR) is 56.3 cm³/mol. The molecule has 0 aliphatic heterocycles. The molecule has 1 heterocycles. The molecule has 3 N–H and O–H groups in total. The Hall–Kier alpha value is -1.14. The summed E-state index contributed by atoms with van der Waals surface area (Å²) in [6.45, 7) is 6.52. The molecule has 6 heteroatoms. The van der Waals surface area contributed by atoms with Gasteiger partial charge in [0, 0.05) is 13.2 Å². The highest BCUT2D eigenvalue weighted by Crippen LogP contribution is 2.03. The molecule has 0 saturated carbocycles. The van der Waals surface area contributed by atoms with Gasteiger partial charge >= 0.3 is 6.01 Å². The van der Waals surface area contributed by atoms with Crippen molar-refractivity contribution in [1.29, 1.82) is 0 Å². The monoisotopic (exact) mass is 214 g/mol. The lowest BCUT2D eigenvalue weighted by Crippen LogP contribution is -2.12. The first kappa shape index (κ1) is 11.9. The van der Waals surface area contributed by atoms with Crippen molar-refractivity contribution in [3.8, 4) is 0 Å². The van der Waals surface area contributed by atoms with Gasteiger partial charge in [-0.3, -0.25) is 0 Å². The summed E-state index contributed by atoms with van der Waals surface area (Å²) in [5.74, 6) is 0.984. The summed E-state index contributed by atoms with van der Waals surface area (Å²) in [6, 6.07) is 0.392. The van der Waals surface area contributed by atoms with Gasteiger partial charge < -0.3 is 20.2 Å². The van der Waals surface area contributed by atoms with Crippen molar-refractivity contribution in [2.45, 2.75) is 20.4 Å². The third kappa shape index (κ3) is 4.75. The number of nitrogens with zero attached hydrogens (tertiary/aromatic N) is 2. The average Bonchev–Trinajstić information content (AvgIpc) is 2.65. The Morgan fingerprint density at radius 1 is 1.47 bits per heavy atom. The maximum absolute atomic E-state index is 5.37. The van der Waals surface area contributed by atoms with E-state index in [1.807, 2.05) is 0 Å². The summed E-state index contributed by atoms with van der Waals surface area (Å²) in [6.07, 6.45) is 0. The van der Waals surface area contributed by atoms with Crippen LogP contribution in [0.25, 0.3) is 0 Å². The van der Waals surface area contributed by atoms with Crippen LogP contribution in [0, 0.1) is 5.92 Å². The average molecular weight is 214 g/mol. The number of ether oxygens (including phenoxy) is 1. The minimum Gasteiger partial charge on any atom is -0.407 e. The molecule has 1 aromatic rings. The highest BCUT2D eigenvalue weighted by Gasteiger charge is 2.02. The standard InChI is InChI=1S/C9H18N4O2/c1-7(2)6-14-4-3-11-9-13-12-8(5-10)15-9/h7H,3-6,10H2,1-2H3,(H,11,13). The molecular formula is C9H18N4O2. The first-order chi connectivity index (χ1) is 7.22. The van der Waals surface area contributed by atoms with E-state index in [1.165, 1.54) is 0 Å². The van der Waals surface area contributed by atoms with E-state index >= 15 is 0 Å². The van der Waals surface area contributed by atoms with Gasteiger partial charge in [-0.15, -0.1) is 5.10 Å². The molecule has 0 bridgehead atoms. The van der Waals surface area contributed by atoms with Crippen molar-refractivity contribution in [3.63, 3.8) is 0 Å². The van der Waals surface area contributed by atoms with Crippen LogP contribution >= 0.6 is 0 Å². The summed E-state index contributed by atoms with van der Waals surface area (Å²) in [5.41, 5.74) is 5.32. The quantitative estimate of drug-likeness (QED) is 0.647. The summed E-state index contributed by atoms with van der Waals surface area (Å²) in [4.78, 5) is 0. The molecule has 15 heavy (non-hydrogen) atoms. The topological polar surface area (TPSA) is 86.2 Å². The van der Waals surface area contributed by atoms with E-state index in [4.69, 9.17) is 14.9 Å². The Bertz CT molecular complexity index is 275. The van der Waals surface area contributed by atoms with Crippen molar-refractivity contribution < 1.29 is 9.15 Å². The Labute approximate surface area is 89.2 Å². The van der Waals surface area contributed by atoms with Gasteiger partial charge in [0.2, 0.25) is 5.89 Å². The number of hydrogen-bond acceptors (Lipinski definition) is 6. The maximum atomic E-state index is 5.37. The lowest BCUT2D eigenvalue weighted by atomic mass is 10.2. The van der Waals surface area contributed by atoms with Gasteiger partial charge in [-0.25, -0.2) is 0 Å². The SMILES string of the molecule is CC(C)COCCNc1nnc(CN)o1. The summed E-state index contributed by atoms with van der Waals surface area (Å²) >= 11 is 0. The minimum atomic E-state index is 0.262. The van der Waals surface area contributed by atoms with Crippen LogP contribution in [0.15, 0.2) is 4.42 Å². The molecule has 0 aromatic carbocycles. The summed E-state index contributed by atoms with van der Waals surface area (Å²) in [7, 11) is 0. The van der Waals surface area contributed by atoms with E-state index in [0.717, 1.165) is 6.61 Å². The fraction of sp³-hybridized carbons (Fsp3) is 0.778. The molecule has 0 saturated heterocycles. The van der Waals surface area contributed by atoms with Crippen LogP contribution in [0.1, 0.15) is 19.7 Å². The number of rotatable bonds is 7. The zero-order chi connectivity index (χ0) is 11.1. The zero-order valence-corrected chi connectivity index (χ0v) is 9.19. The molecule has 0 aliphatic rings. The Morgan fingerprint density at radius 3 is 2.87 bits per heavy atom. The van der Waals surface area contributed by atoms with Gasteiger partial charge in [-0.2, -0.15) is 0 Å². The largest absolute Gasteiger partial charge is 0.407 e. The highest BCUT2D eigenvalue weighted by atomic mass is 16.5. The van der Waals surface area contributed by atoms with E-state index in [9.17, 15) is 0 Å². The normalized spacial score (nSPS) is 10.9. The van der Waals surface area contributed by atoms with Gasteiger partial charge in [0.1, 0.15) is 0 Å². The molecule has 0 amide bonds. The van der Waals surface area contributed by atoms with Crippen molar-refractivity contribution in [1.82, 2.24) is 10.2 Å². The number of nitrogens with one attached hydrogen (secondary N) is 1. The number of hydrogen-bond donors (Lipinski definition) is 2. The molecule has 1 aromatic heterocycles. The molecule has 0 atom stereocenters. The Balaban J connectivity index is 2.09. The molecule has 86 valence electrons. The van der Waals surface area contributed by atoms with Gasteiger partial charge in [-0.1, -0.05) is 18.9 Å². The van der Waals surface area contributed by atoms with E-state index in [0.29, 0.717) is 31.0 Å². The molecule has 0 unspecified atom stereocenters. The van der Waals surface area contributed by atoms with E-state index in [1.54, 1.807) is 0 Å². The zero-order valence-electron chi connectivity index (χ0n) is 9.19. The van der Waals surface area contributed by atoms with Crippen LogP contribution in [-0.2, 0) is 11.3 Å². The first-order valence-corrected chi connectivity index (χ1v) is 5.06. The van der Waals surface area contributed by atoms with Crippen LogP contribution in [-0.4, -0.2) is 30.0 Å². The third-order valence-corrected chi connectivity index (χ3v) is 1.62. The van der Waals surface area contributed by atoms with Gasteiger partial charge in [0.25, 0.3) is 0 Å². The molecule has 0 spiro atoms. The number of aromatic nitrogens is 2. The van der Waals surface area contributed by atoms with E-state index in [-0.39, 0.29) is 6.54 Å². The van der Waals surface area contributed by atoms with Gasteiger partial charge in [0.15, 0.2) is 0 Å². The van der Waals surface area contributed by atoms with Crippen molar-refractivity contribution in [2.24, 2.45) is 11.7 Å². The summed E-state index contributed by atoms with van der Waals surface area (Å²) in [5, 5.41) is 10.4. The Morgan fingerprint density at radius 2 is 2.27 bits per heavy atom. The van der Waals surface area contributed by atoms with Crippen LogP contribution in [0.5, 0.6) is 0 Å². The second-order valence-electron chi connectivity index (χ2n) is 3.60. The molecule has 1 rings (SSSR count). The smallest absolute Gasteiger partial charge is 0.315 e. The maximum Gasteiger partial charge on any atom is 0.315 e. The van der Waals surface area contributed by atoms with Crippen LogP contribution in [0.2, 0.25) is 0 Å².